The highest BCUT2D eigenvalue weighted by molar-refractivity contribution is 6.31. The largest absolute Gasteiger partial charge is 0.490 e. The van der Waals surface area contributed by atoms with Gasteiger partial charge in [-0.15, -0.1) is 0 Å². The number of ether oxygens (including phenoxy) is 1. The summed E-state index contributed by atoms with van der Waals surface area (Å²) in [6, 6.07) is 13.0. The zero-order valence-electron chi connectivity index (χ0n) is 17.0. The van der Waals surface area contributed by atoms with Crippen LogP contribution in [0.15, 0.2) is 67.3 Å². The molecule has 3 N–H and O–H groups in total. The number of nitrogens with zero attached hydrogens (tertiary/aromatic N) is 2. The lowest BCUT2D eigenvalue weighted by molar-refractivity contribution is 0.181. The van der Waals surface area contributed by atoms with Crippen molar-refractivity contribution in [1.29, 1.82) is 0 Å². The van der Waals surface area contributed by atoms with Crippen LogP contribution in [0.4, 0.5) is 4.79 Å². The Morgan fingerprint density at radius 2 is 2.03 bits per heavy atom. The molecule has 4 aromatic rings. The third-order valence-corrected chi connectivity index (χ3v) is 5.24. The second kappa shape index (κ2) is 9.98. The number of rotatable bonds is 8. The molecule has 8 heteroatoms. The van der Waals surface area contributed by atoms with Gasteiger partial charge in [0.05, 0.1) is 12.2 Å². The van der Waals surface area contributed by atoms with E-state index >= 15 is 0 Å². The van der Waals surface area contributed by atoms with E-state index in [0.29, 0.717) is 22.9 Å². The molecule has 0 radical (unpaired) electrons. The number of para-hydroxylation sites is 1. The molecule has 4 rings (SSSR count). The van der Waals surface area contributed by atoms with Crippen molar-refractivity contribution < 1.29 is 14.6 Å². The van der Waals surface area contributed by atoms with Crippen molar-refractivity contribution in [2.45, 2.75) is 12.5 Å². The number of carboxylic acid groups (broad SMARTS) is 1. The summed E-state index contributed by atoms with van der Waals surface area (Å²) in [6.45, 7) is 0.141. The molecular formula is C24H21ClN4O3. The Morgan fingerprint density at radius 3 is 2.84 bits per heavy atom. The molecule has 3 aromatic heterocycles. The average molecular weight is 449 g/mol. The first-order chi connectivity index (χ1) is 15.6. The molecule has 0 bridgehead atoms. The fraction of sp³-hybridized carbons (Fsp3) is 0.125. The van der Waals surface area contributed by atoms with Crippen LogP contribution in [0.3, 0.4) is 0 Å². The number of H-pyrrole nitrogens is 1. The number of carbonyl (C=O) groups is 1. The molecule has 0 saturated carbocycles. The molecule has 7 nitrogen and oxygen atoms in total. The number of benzene rings is 1. The molecule has 0 spiro atoms. The van der Waals surface area contributed by atoms with Gasteiger partial charge in [-0.05, 0) is 41.8 Å². The fourth-order valence-corrected chi connectivity index (χ4v) is 3.56. The number of amides is 1. The van der Waals surface area contributed by atoms with E-state index in [4.69, 9.17) is 16.3 Å². The van der Waals surface area contributed by atoms with Gasteiger partial charge in [-0.2, -0.15) is 0 Å². The van der Waals surface area contributed by atoms with Crippen LogP contribution in [0.1, 0.15) is 16.7 Å². The van der Waals surface area contributed by atoms with E-state index in [-0.39, 0.29) is 6.61 Å². The molecule has 1 amide bonds. The van der Waals surface area contributed by atoms with Crippen molar-refractivity contribution in [3.63, 3.8) is 0 Å². The lowest BCUT2D eigenvalue weighted by Gasteiger charge is -2.18. The van der Waals surface area contributed by atoms with Crippen molar-refractivity contribution >= 4 is 40.7 Å². The Kier molecular flexibility index (Phi) is 6.67. The summed E-state index contributed by atoms with van der Waals surface area (Å²) in [5.74, 6) is 0.500. The first kappa shape index (κ1) is 21.4. The summed E-state index contributed by atoms with van der Waals surface area (Å²) in [4.78, 5) is 22.7. The predicted octanol–water partition coefficient (Wildman–Crippen LogP) is 5.04. The van der Waals surface area contributed by atoms with E-state index in [1.807, 2.05) is 54.7 Å². The van der Waals surface area contributed by atoms with E-state index in [9.17, 15) is 9.90 Å². The molecule has 3 heterocycles. The summed E-state index contributed by atoms with van der Waals surface area (Å²) >= 11 is 6.22. The first-order valence-corrected chi connectivity index (χ1v) is 10.4. The van der Waals surface area contributed by atoms with Crippen LogP contribution in [0, 0.1) is 0 Å². The molecular weight excluding hydrogens is 428 g/mol. The zero-order chi connectivity index (χ0) is 22.3. The molecule has 0 unspecified atom stereocenters. The monoisotopic (exact) mass is 448 g/mol. The number of hydrogen-bond donors (Lipinski definition) is 3. The fourth-order valence-electron chi connectivity index (χ4n) is 3.39. The van der Waals surface area contributed by atoms with Crippen molar-refractivity contribution in [1.82, 2.24) is 20.3 Å². The predicted molar refractivity (Wildman–Crippen MR) is 125 cm³/mol. The summed E-state index contributed by atoms with van der Waals surface area (Å²) in [7, 11) is 0. The highest BCUT2D eigenvalue weighted by atomic mass is 35.5. The molecule has 0 aliphatic heterocycles. The molecule has 32 heavy (non-hydrogen) atoms. The van der Waals surface area contributed by atoms with Crippen LogP contribution in [0.5, 0.6) is 5.75 Å². The van der Waals surface area contributed by atoms with Crippen LogP contribution in [0.25, 0.3) is 23.1 Å². The van der Waals surface area contributed by atoms with Crippen molar-refractivity contribution in [3.8, 4) is 5.75 Å². The third kappa shape index (κ3) is 5.44. The van der Waals surface area contributed by atoms with Crippen molar-refractivity contribution in [3.05, 3.63) is 89.1 Å². The van der Waals surface area contributed by atoms with E-state index < -0.39 is 12.1 Å². The second-order valence-corrected chi connectivity index (χ2v) is 7.54. The second-order valence-electron chi connectivity index (χ2n) is 7.19. The highest BCUT2D eigenvalue weighted by Gasteiger charge is 2.16. The van der Waals surface area contributed by atoms with Gasteiger partial charge in [0.15, 0.2) is 0 Å². The van der Waals surface area contributed by atoms with Crippen LogP contribution in [0.2, 0.25) is 5.15 Å². The van der Waals surface area contributed by atoms with E-state index in [2.05, 4.69) is 20.3 Å². The Labute approximate surface area is 189 Å². The lowest BCUT2D eigenvalue weighted by Crippen LogP contribution is -2.39. The SMILES string of the molecule is O=C(O)N[C@H](COc1cnc(Cl)c(/C=C/c2ccncc2)c1)Cc1c[nH]c2ccccc12. The molecule has 0 saturated heterocycles. The van der Waals surface area contributed by atoms with Crippen LogP contribution < -0.4 is 10.1 Å². The number of pyridine rings is 2. The van der Waals surface area contributed by atoms with Gasteiger partial charge in [0.1, 0.15) is 17.5 Å². The molecule has 0 aliphatic rings. The number of aromatic amines is 1. The molecule has 0 aliphatic carbocycles. The van der Waals surface area contributed by atoms with Gasteiger partial charge in [0, 0.05) is 35.1 Å². The third-order valence-electron chi connectivity index (χ3n) is 4.92. The van der Waals surface area contributed by atoms with Gasteiger partial charge in [-0.25, -0.2) is 9.78 Å². The van der Waals surface area contributed by atoms with E-state index in [1.54, 1.807) is 18.5 Å². The molecule has 1 aromatic carbocycles. The minimum Gasteiger partial charge on any atom is -0.490 e. The maximum Gasteiger partial charge on any atom is 0.405 e. The Bertz CT molecular complexity index is 1240. The average Bonchev–Trinajstić information content (AvgIpc) is 3.20. The summed E-state index contributed by atoms with van der Waals surface area (Å²) < 4.78 is 5.88. The minimum atomic E-state index is -1.10. The normalized spacial score (nSPS) is 12.2. The smallest absolute Gasteiger partial charge is 0.405 e. The quantitative estimate of drug-likeness (QED) is 0.328. The highest BCUT2D eigenvalue weighted by Crippen LogP contribution is 2.23. The Balaban J connectivity index is 1.47. The van der Waals surface area contributed by atoms with Gasteiger partial charge in [0.25, 0.3) is 0 Å². The van der Waals surface area contributed by atoms with Gasteiger partial charge >= 0.3 is 6.09 Å². The summed E-state index contributed by atoms with van der Waals surface area (Å²) in [5, 5.41) is 13.2. The number of halogens is 1. The Hall–Kier alpha value is -3.84. The van der Waals surface area contributed by atoms with Crippen molar-refractivity contribution in [2.24, 2.45) is 0 Å². The van der Waals surface area contributed by atoms with Gasteiger partial charge < -0.3 is 20.1 Å². The van der Waals surface area contributed by atoms with Crippen LogP contribution in [-0.2, 0) is 6.42 Å². The Morgan fingerprint density at radius 1 is 1.22 bits per heavy atom. The first-order valence-electron chi connectivity index (χ1n) is 9.99. The minimum absolute atomic E-state index is 0.141. The van der Waals surface area contributed by atoms with Crippen molar-refractivity contribution in [2.75, 3.05) is 6.61 Å². The van der Waals surface area contributed by atoms with Crippen LogP contribution in [-0.4, -0.2) is 38.8 Å². The maximum atomic E-state index is 11.3. The number of fused-ring (bicyclic) bond motifs is 1. The van der Waals surface area contributed by atoms with Gasteiger partial charge in [-0.3, -0.25) is 4.98 Å². The maximum absolute atomic E-state index is 11.3. The molecule has 162 valence electrons. The zero-order valence-corrected chi connectivity index (χ0v) is 17.8. The topological polar surface area (TPSA) is 100 Å². The molecule has 0 fully saturated rings. The summed E-state index contributed by atoms with van der Waals surface area (Å²) in [5.41, 5.74) is 3.69. The number of nitrogens with one attached hydrogen (secondary N) is 2. The number of aromatic nitrogens is 3. The van der Waals surface area contributed by atoms with E-state index in [1.165, 1.54) is 6.20 Å². The lowest BCUT2D eigenvalue weighted by atomic mass is 10.1. The van der Waals surface area contributed by atoms with Gasteiger partial charge in [0.2, 0.25) is 0 Å². The van der Waals surface area contributed by atoms with Crippen LogP contribution >= 0.6 is 11.6 Å². The summed E-state index contributed by atoms with van der Waals surface area (Å²) in [6.07, 6.45) is 9.96. The molecule has 1 atom stereocenters. The van der Waals surface area contributed by atoms with Gasteiger partial charge in [-0.1, -0.05) is 42.0 Å². The number of hydrogen-bond acceptors (Lipinski definition) is 4. The van der Waals surface area contributed by atoms with E-state index in [0.717, 1.165) is 22.0 Å². The standard InChI is InChI=1S/C24H21ClN4O3/c25-23-17(6-5-16-7-9-26-10-8-16)12-20(14-28-23)32-15-19(29-24(30)31)11-18-13-27-22-4-2-1-3-21(18)22/h1-10,12-14,19,27,29H,11,15H2,(H,30,31)/b6-5+/t19-/m0/s1.